The minimum atomic E-state index is -0.104. The van der Waals surface area contributed by atoms with Crippen molar-refractivity contribution in [3.05, 3.63) is 42.1 Å². The number of urea groups is 1. The molecule has 25 heavy (non-hydrogen) atoms. The summed E-state index contributed by atoms with van der Waals surface area (Å²) in [5, 5.41) is 10.6. The van der Waals surface area contributed by atoms with E-state index in [0.29, 0.717) is 12.6 Å². The van der Waals surface area contributed by atoms with Crippen LogP contribution in [0.2, 0.25) is 0 Å². The molecule has 6 nitrogen and oxygen atoms in total. The van der Waals surface area contributed by atoms with Crippen LogP contribution in [-0.4, -0.2) is 46.9 Å². The summed E-state index contributed by atoms with van der Waals surface area (Å²) in [7, 11) is 6.09. The Bertz CT molecular complexity index is 710. The molecule has 1 aliphatic carbocycles. The van der Waals surface area contributed by atoms with E-state index in [2.05, 4.69) is 34.7 Å². The first kappa shape index (κ1) is 17.5. The van der Waals surface area contributed by atoms with Gasteiger partial charge in [-0.2, -0.15) is 5.10 Å². The summed E-state index contributed by atoms with van der Waals surface area (Å²) in [5.74, 6) is 0. The van der Waals surface area contributed by atoms with Gasteiger partial charge in [0.05, 0.1) is 5.69 Å². The highest BCUT2D eigenvalue weighted by Gasteiger charge is 2.27. The number of nitrogens with zero attached hydrogens (tertiary/aromatic N) is 3. The van der Waals surface area contributed by atoms with E-state index >= 15 is 0 Å². The van der Waals surface area contributed by atoms with Gasteiger partial charge >= 0.3 is 6.03 Å². The largest absolute Gasteiger partial charge is 0.335 e. The maximum absolute atomic E-state index is 12.2. The fraction of sp³-hybridized carbons (Fsp3) is 0.474. The third-order valence-corrected chi connectivity index (χ3v) is 4.86. The van der Waals surface area contributed by atoms with Crippen molar-refractivity contribution in [1.29, 1.82) is 0 Å². The molecule has 1 heterocycles. The molecule has 0 aliphatic heterocycles. The van der Waals surface area contributed by atoms with E-state index in [-0.39, 0.29) is 12.1 Å². The van der Waals surface area contributed by atoms with Crippen LogP contribution in [0, 0.1) is 0 Å². The summed E-state index contributed by atoms with van der Waals surface area (Å²) in [5.41, 5.74) is 2.99. The minimum absolute atomic E-state index is 0.104. The first-order chi connectivity index (χ1) is 12.0. The molecule has 0 unspecified atom stereocenters. The van der Waals surface area contributed by atoms with Gasteiger partial charge < -0.3 is 15.5 Å². The van der Waals surface area contributed by atoms with Crippen LogP contribution in [0.1, 0.15) is 24.8 Å². The molecule has 6 heteroatoms. The Kier molecular flexibility index (Phi) is 5.38. The lowest BCUT2D eigenvalue weighted by Crippen LogP contribution is -2.41. The Labute approximate surface area is 149 Å². The van der Waals surface area contributed by atoms with Crippen molar-refractivity contribution in [2.45, 2.75) is 37.9 Å². The van der Waals surface area contributed by atoms with Gasteiger partial charge in [0, 0.05) is 43.0 Å². The molecular formula is C19H27N5O. The van der Waals surface area contributed by atoms with Gasteiger partial charge in [-0.15, -0.1) is 0 Å². The molecule has 134 valence electrons. The van der Waals surface area contributed by atoms with E-state index in [9.17, 15) is 4.79 Å². The molecule has 1 fully saturated rings. The van der Waals surface area contributed by atoms with Crippen molar-refractivity contribution in [1.82, 2.24) is 25.3 Å². The van der Waals surface area contributed by atoms with Crippen molar-refractivity contribution in [3.63, 3.8) is 0 Å². The van der Waals surface area contributed by atoms with Crippen molar-refractivity contribution in [2.75, 3.05) is 14.1 Å². The number of rotatable bonds is 5. The summed E-state index contributed by atoms with van der Waals surface area (Å²) in [6.07, 6.45) is 5.15. The number of carbonyl (C=O) groups is 1. The molecule has 0 spiro atoms. The normalized spacial score (nSPS) is 20.0. The Hall–Kier alpha value is -2.34. The molecule has 1 aliphatic rings. The average Bonchev–Trinajstić information content (AvgIpc) is 3.20. The van der Waals surface area contributed by atoms with E-state index < -0.39 is 0 Å². The third-order valence-electron chi connectivity index (χ3n) is 4.86. The lowest BCUT2D eigenvalue weighted by molar-refractivity contribution is 0.235. The Balaban J connectivity index is 1.56. The second kappa shape index (κ2) is 7.70. The molecule has 0 saturated heterocycles. The highest BCUT2D eigenvalue weighted by molar-refractivity contribution is 5.74. The number of aryl methyl sites for hydroxylation is 1. The lowest BCUT2D eigenvalue weighted by atomic mass is 10.1. The minimum Gasteiger partial charge on any atom is -0.335 e. The second-order valence-corrected chi connectivity index (χ2v) is 7.00. The first-order valence-electron chi connectivity index (χ1n) is 8.81. The number of nitrogens with one attached hydrogen (secondary N) is 2. The van der Waals surface area contributed by atoms with Gasteiger partial charge in [-0.25, -0.2) is 4.79 Å². The van der Waals surface area contributed by atoms with Crippen molar-refractivity contribution in [2.24, 2.45) is 7.05 Å². The summed E-state index contributed by atoms with van der Waals surface area (Å²) in [4.78, 5) is 14.5. The number of amides is 2. The van der Waals surface area contributed by atoms with Crippen LogP contribution in [0.4, 0.5) is 4.79 Å². The Morgan fingerprint density at radius 1 is 1.28 bits per heavy atom. The summed E-state index contributed by atoms with van der Waals surface area (Å²) in [6, 6.07) is 10.8. The van der Waals surface area contributed by atoms with E-state index in [1.165, 1.54) is 0 Å². The fourth-order valence-corrected chi connectivity index (χ4v) is 3.48. The number of carbonyl (C=O) groups excluding carboxylic acids is 1. The van der Waals surface area contributed by atoms with Crippen LogP contribution in [0.25, 0.3) is 11.3 Å². The monoisotopic (exact) mass is 341 g/mol. The van der Waals surface area contributed by atoms with E-state index in [1.54, 1.807) is 4.68 Å². The van der Waals surface area contributed by atoms with Crippen LogP contribution < -0.4 is 10.6 Å². The maximum Gasteiger partial charge on any atom is 0.315 e. The summed E-state index contributed by atoms with van der Waals surface area (Å²) >= 11 is 0. The number of hydrogen-bond donors (Lipinski definition) is 2. The molecule has 2 N–H and O–H groups in total. The van der Waals surface area contributed by atoms with Crippen molar-refractivity contribution in [3.8, 4) is 11.3 Å². The SMILES string of the molecule is CN(C)[C@H]1CC[C@@H](NC(=O)NCc2cn(C)nc2-c2ccccc2)C1. The number of aromatic nitrogens is 2. The standard InChI is InChI=1S/C19H27N5O/c1-23(2)17-10-9-16(11-17)21-19(25)20-12-15-13-24(3)22-18(15)14-7-5-4-6-8-14/h4-8,13,16-17H,9-12H2,1-3H3,(H2,20,21,25)/t16-,17+/m1/s1. The third kappa shape index (κ3) is 4.39. The molecule has 1 aromatic carbocycles. The molecule has 1 saturated carbocycles. The van der Waals surface area contributed by atoms with Gasteiger partial charge in [0.25, 0.3) is 0 Å². The molecular weight excluding hydrogens is 314 g/mol. The number of hydrogen-bond acceptors (Lipinski definition) is 3. The van der Waals surface area contributed by atoms with Crippen LogP contribution in [0.3, 0.4) is 0 Å². The van der Waals surface area contributed by atoms with Crippen LogP contribution in [0.5, 0.6) is 0 Å². The van der Waals surface area contributed by atoms with Crippen LogP contribution in [-0.2, 0) is 13.6 Å². The topological polar surface area (TPSA) is 62.2 Å². The lowest BCUT2D eigenvalue weighted by Gasteiger charge is -2.19. The quantitative estimate of drug-likeness (QED) is 0.878. The molecule has 1 aromatic heterocycles. The zero-order chi connectivity index (χ0) is 17.8. The highest BCUT2D eigenvalue weighted by Crippen LogP contribution is 2.23. The first-order valence-corrected chi connectivity index (χ1v) is 8.81. The molecule has 2 amide bonds. The van der Waals surface area contributed by atoms with Crippen molar-refractivity contribution >= 4 is 6.03 Å². The smallest absolute Gasteiger partial charge is 0.315 e. The molecule has 2 aromatic rings. The second-order valence-electron chi connectivity index (χ2n) is 7.00. The molecule has 0 radical (unpaired) electrons. The predicted octanol–water partition coefficient (Wildman–Crippen LogP) is 2.37. The van der Waals surface area contributed by atoms with Crippen molar-refractivity contribution < 1.29 is 4.79 Å². The Morgan fingerprint density at radius 2 is 2.04 bits per heavy atom. The van der Waals surface area contributed by atoms with Gasteiger partial charge in [-0.3, -0.25) is 4.68 Å². The van der Waals surface area contributed by atoms with E-state index in [1.807, 2.05) is 43.6 Å². The number of benzene rings is 1. The highest BCUT2D eigenvalue weighted by atomic mass is 16.2. The summed E-state index contributed by atoms with van der Waals surface area (Å²) < 4.78 is 1.79. The zero-order valence-corrected chi connectivity index (χ0v) is 15.2. The van der Waals surface area contributed by atoms with Crippen LogP contribution in [0.15, 0.2) is 36.5 Å². The molecule has 0 bridgehead atoms. The van der Waals surface area contributed by atoms with Crippen LogP contribution >= 0.6 is 0 Å². The van der Waals surface area contributed by atoms with E-state index in [0.717, 1.165) is 36.1 Å². The van der Waals surface area contributed by atoms with Gasteiger partial charge in [0.1, 0.15) is 0 Å². The average molecular weight is 341 g/mol. The van der Waals surface area contributed by atoms with Gasteiger partial charge in [-0.1, -0.05) is 30.3 Å². The zero-order valence-electron chi connectivity index (χ0n) is 15.2. The Morgan fingerprint density at radius 3 is 2.72 bits per heavy atom. The fourth-order valence-electron chi connectivity index (χ4n) is 3.48. The summed E-state index contributed by atoms with van der Waals surface area (Å²) in [6.45, 7) is 0.466. The van der Waals surface area contributed by atoms with Gasteiger partial charge in [-0.05, 0) is 33.4 Å². The predicted molar refractivity (Wildman–Crippen MR) is 99.1 cm³/mol. The van der Waals surface area contributed by atoms with Gasteiger partial charge in [0.15, 0.2) is 0 Å². The maximum atomic E-state index is 12.2. The molecule has 3 rings (SSSR count). The van der Waals surface area contributed by atoms with Gasteiger partial charge in [0.2, 0.25) is 0 Å². The molecule has 2 atom stereocenters. The van der Waals surface area contributed by atoms with E-state index in [4.69, 9.17) is 0 Å².